The molecule has 5 nitrogen and oxygen atoms in total. The van der Waals surface area contributed by atoms with Crippen LogP contribution in [0.5, 0.6) is 0 Å². The third-order valence-corrected chi connectivity index (χ3v) is 2.42. The fourth-order valence-corrected chi connectivity index (χ4v) is 1.64. The third-order valence-electron chi connectivity index (χ3n) is 2.42. The molecule has 1 aromatic rings. The van der Waals surface area contributed by atoms with Crippen LogP contribution >= 0.6 is 0 Å². The van der Waals surface area contributed by atoms with Gasteiger partial charge in [0, 0.05) is 13.1 Å². The van der Waals surface area contributed by atoms with Crippen molar-refractivity contribution in [3.63, 3.8) is 0 Å². The van der Waals surface area contributed by atoms with Crippen LogP contribution in [0.3, 0.4) is 0 Å². The van der Waals surface area contributed by atoms with E-state index in [9.17, 15) is 9.59 Å². The van der Waals surface area contributed by atoms with Gasteiger partial charge in [0.25, 0.3) is 5.91 Å². The van der Waals surface area contributed by atoms with Crippen molar-refractivity contribution in [3.05, 3.63) is 23.7 Å². The zero-order chi connectivity index (χ0) is 10.8. The van der Waals surface area contributed by atoms with E-state index in [0.29, 0.717) is 0 Å². The van der Waals surface area contributed by atoms with E-state index in [-0.39, 0.29) is 17.4 Å². The number of aromatic carboxylic acids is 1. The zero-order valence-electron chi connectivity index (χ0n) is 8.10. The predicted octanol–water partition coefficient (Wildman–Crippen LogP) is 1.21. The summed E-state index contributed by atoms with van der Waals surface area (Å²) in [4.78, 5) is 23.9. The van der Waals surface area contributed by atoms with Gasteiger partial charge in [-0.2, -0.15) is 0 Å². The molecule has 0 spiro atoms. The molecule has 0 unspecified atom stereocenters. The van der Waals surface area contributed by atoms with Crippen LogP contribution in [0.1, 0.15) is 34.0 Å². The fraction of sp³-hybridized carbons (Fsp3) is 0.400. The summed E-state index contributed by atoms with van der Waals surface area (Å²) < 4.78 is 4.93. The van der Waals surface area contributed by atoms with Gasteiger partial charge in [0.2, 0.25) is 5.76 Å². The van der Waals surface area contributed by atoms with Gasteiger partial charge in [-0.25, -0.2) is 4.79 Å². The Morgan fingerprint density at radius 3 is 2.33 bits per heavy atom. The molecule has 0 aliphatic carbocycles. The lowest BCUT2D eigenvalue weighted by atomic mass is 10.4. The molecule has 0 atom stereocenters. The van der Waals surface area contributed by atoms with Crippen molar-refractivity contribution in [2.75, 3.05) is 13.1 Å². The second kappa shape index (κ2) is 3.76. The summed E-state index contributed by atoms with van der Waals surface area (Å²) in [6, 6.07) is 2.70. The number of carbonyl (C=O) groups is 2. The number of hydrogen-bond acceptors (Lipinski definition) is 3. The van der Waals surface area contributed by atoms with Crippen LogP contribution < -0.4 is 0 Å². The topological polar surface area (TPSA) is 70.8 Å². The molecule has 2 heterocycles. The minimum atomic E-state index is -1.16. The molecule has 1 N–H and O–H groups in total. The summed E-state index contributed by atoms with van der Waals surface area (Å²) in [5, 5.41) is 8.63. The lowest BCUT2D eigenvalue weighted by Gasteiger charge is -2.12. The second-order valence-corrected chi connectivity index (χ2v) is 3.47. The van der Waals surface area contributed by atoms with Gasteiger partial charge in [0.15, 0.2) is 5.76 Å². The van der Waals surface area contributed by atoms with Crippen LogP contribution in [0.25, 0.3) is 0 Å². The van der Waals surface area contributed by atoms with Gasteiger partial charge in [-0.15, -0.1) is 0 Å². The van der Waals surface area contributed by atoms with Crippen molar-refractivity contribution in [3.8, 4) is 0 Å². The van der Waals surface area contributed by atoms with Gasteiger partial charge in [-0.3, -0.25) is 4.79 Å². The van der Waals surface area contributed by atoms with Gasteiger partial charge in [0.05, 0.1) is 0 Å². The van der Waals surface area contributed by atoms with Crippen LogP contribution in [0, 0.1) is 0 Å². The maximum absolute atomic E-state index is 11.7. The average Bonchev–Trinajstić information content (AvgIpc) is 2.88. The van der Waals surface area contributed by atoms with Crippen LogP contribution in [-0.2, 0) is 0 Å². The maximum Gasteiger partial charge on any atom is 0.371 e. The van der Waals surface area contributed by atoms with Crippen molar-refractivity contribution < 1.29 is 19.1 Å². The van der Waals surface area contributed by atoms with E-state index in [1.807, 2.05) is 0 Å². The summed E-state index contributed by atoms with van der Waals surface area (Å²) in [5.41, 5.74) is 0. The number of carbonyl (C=O) groups excluding carboxylic acids is 1. The van der Waals surface area contributed by atoms with E-state index in [4.69, 9.17) is 9.52 Å². The molecule has 0 saturated carbocycles. The van der Waals surface area contributed by atoms with Gasteiger partial charge in [0.1, 0.15) is 0 Å². The van der Waals surface area contributed by atoms with Crippen molar-refractivity contribution >= 4 is 11.9 Å². The van der Waals surface area contributed by atoms with E-state index in [1.165, 1.54) is 12.1 Å². The monoisotopic (exact) mass is 209 g/mol. The summed E-state index contributed by atoms with van der Waals surface area (Å²) in [5.74, 6) is -1.47. The second-order valence-electron chi connectivity index (χ2n) is 3.47. The molecule has 80 valence electrons. The first kappa shape index (κ1) is 9.76. The lowest BCUT2D eigenvalue weighted by molar-refractivity contribution is 0.0653. The Balaban J connectivity index is 2.14. The first-order chi connectivity index (χ1) is 7.18. The molecule has 1 fully saturated rings. The Bertz CT molecular complexity index is 390. The molecule has 1 aromatic heterocycles. The zero-order valence-corrected chi connectivity index (χ0v) is 8.10. The molecule has 15 heavy (non-hydrogen) atoms. The average molecular weight is 209 g/mol. The smallest absolute Gasteiger partial charge is 0.371 e. The molecule has 0 aromatic carbocycles. The van der Waals surface area contributed by atoms with Crippen molar-refractivity contribution in [2.24, 2.45) is 0 Å². The molecule has 1 amide bonds. The van der Waals surface area contributed by atoms with Crippen LogP contribution in [0.15, 0.2) is 16.5 Å². The number of likely N-dealkylation sites (tertiary alicyclic amines) is 1. The summed E-state index contributed by atoms with van der Waals surface area (Å²) >= 11 is 0. The van der Waals surface area contributed by atoms with Crippen molar-refractivity contribution in [1.82, 2.24) is 4.90 Å². The van der Waals surface area contributed by atoms with Gasteiger partial charge in [-0.1, -0.05) is 0 Å². The molecule has 1 aliphatic heterocycles. The number of amides is 1. The Morgan fingerprint density at radius 1 is 1.20 bits per heavy atom. The number of carboxylic acid groups (broad SMARTS) is 1. The number of furan rings is 1. The van der Waals surface area contributed by atoms with E-state index in [1.54, 1.807) is 4.90 Å². The molecular weight excluding hydrogens is 198 g/mol. The van der Waals surface area contributed by atoms with Crippen LogP contribution in [-0.4, -0.2) is 35.0 Å². The molecule has 0 bridgehead atoms. The minimum Gasteiger partial charge on any atom is -0.475 e. The van der Waals surface area contributed by atoms with Crippen molar-refractivity contribution in [2.45, 2.75) is 12.8 Å². The highest BCUT2D eigenvalue weighted by molar-refractivity contribution is 5.93. The molecule has 1 saturated heterocycles. The Morgan fingerprint density at radius 2 is 1.80 bits per heavy atom. The number of carboxylic acids is 1. The lowest BCUT2D eigenvalue weighted by Crippen LogP contribution is -2.27. The number of rotatable bonds is 2. The van der Waals surface area contributed by atoms with E-state index < -0.39 is 5.97 Å². The standard InChI is InChI=1S/C10H11NO4/c12-9(11-5-1-2-6-11)7-3-4-8(15-7)10(13)14/h3-4H,1-2,5-6H2,(H,13,14). The molecule has 2 rings (SSSR count). The normalized spacial score (nSPS) is 15.6. The van der Waals surface area contributed by atoms with Gasteiger partial charge in [-0.05, 0) is 25.0 Å². The van der Waals surface area contributed by atoms with Crippen molar-refractivity contribution in [1.29, 1.82) is 0 Å². The highest BCUT2D eigenvalue weighted by atomic mass is 16.4. The van der Waals surface area contributed by atoms with Gasteiger partial charge >= 0.3 is 5.97 Å². The van der Waals surface area contributed by atoms with E-state index in [2.05, 4.69) is 0 Å². The predicted molar refractivity (Wildman–Crippen MR) is 50.8 cm³/mol. The Labute approximate surface area is 86.3 Å². The summed E-state index contributed by atoms with van der Waals surface area (Å²) in [7, 11) is 0. The first-order valence-electron chi connectivity index (χ1n) is 4.81. The quantitative estimate of drug-likeness (QED) is 0.794. The molecule has 5 heteroatoms. The molecule has 0 radical (unpaired) electrons. The summed E-state index contributed by atoms with van der Waals surface area (Å²) in [6.45, 7) is 1.45. The minimum absolute atomic E-state index is 0.106. The Kier molecular flexibility index (Phi) is 2.45. The highest BCUT2D eigenvalue weighted by Gasteiger charge is 2.23. The highest BCUT2D eigenvalue weighted by Crippen LogP contribution is 2.15. The molecular formula is C10H11NO4. The van der Waals surface area contributed by atoms with E-state index in [0.717, 1.165) is 25.9 Å². The van der Waals surface area contributed by atoms with E-state index >= 15 is 0 Å². The largest absolute Gasteiger partial charge is 0.475 e. The third kappa shape index (κ3) is 1.86. The van der Waals surface area contributed by atoms with Gasteiger partial charge < -0.3 is 14.4 Å². The number of hydrogen-bond donors (Lipinski definition) is 1. The van der Waals surface area contributed by atoms with Crippen LogP contribution in [0.4, 0.5) is 0 Å². The Hall–Kier alpha value is -1.78. The molecule has 1 aliphatic rings. The summed E-state index contributed by atoms with van der Waals surface area (Å²) in [6.07, 6.45) is 2.00. The maximum atomic E-state index is 11.7. The number of nitrogens with zero attached hydrogens (tertiary/aromatic N) is 1. The fourth-order valence-electron chi connectivity index (χ4n) is 1.64. The SMILES string of the molecule is O=C(O)c1ccc(C(=O)N2CCCC2)o1. The van der Waals surface area contributed by atoms with Crippen LogP contribution in [0.2, 0.25) is 0 Å². The first-order valence-corrected chi connectivity index (χ1v) is 4.81.